The molecule has 17 heavy (non-hydrogen) atoms. The third kappa shape index (κ3) is 3.11. The van der Waals surface area contributed by atoms with E-state index in [0.717, 1.165) is 5.56 Å². The smallest absolute Gasteiger partial charge is 0.179 e. The summed E-state index contributed by atoms with van der Waals surface area (Å²) in [4.78, 5) is 1.47. The molecule has 0 bridgehead atoms. The van der Waals surface area contributed by atoms with Gasteiger partial charge in [-0.15, -0.1) is 10.2 Å². The Morgan fingerprint density at radius 2 is 2.06 bits per heavy atom. The lowest BCUT2D eigenvalue weighted by Gasteiger charge is -1.97. The van der Waals surface area contributed by atoms with E-state index in [0.29, 0.717) is 25.2 Å². The van der Waals surface area contributed by atoms with Gasteiger partial charge in [-0.2, -0.15) is 10.1 Å². The minimum atomic E-state index is 0.403. The van der Waals surface area contributed by atoms with Crippen LogP contribution in [0, 0.1) is 18.3 Å². The first kappa shape index (κ1) is 11.3. The highest BCUT2D eigenvalue weighted by atomic mass is 15.6. The first-order valence-electron chi connectivity index (χ1n) is 5.47. The minimum Gasteiger partial charge on any atom is -0.198 e. The topological polar surface area (TPSA) is 67.4 Å². The van der Waals surface area contributed by atoms with Crippen LogP contribution in [0.1, 0.15) is 23.4 Å². The van der Waals surface area contributed by atoms with Gasteiger partial charge < -0.3 is 0 Å². The fourth-order valence-electron chi connectivity index (χ4n) is 1.48. The van der Waals surface area contributed by atoms with E-state index in [9.17, 15) is 0 Å². The summed E-state index contributed by atoms with van der Waals surface area (Å²) < 4.78 is 0. The Labute approximate surface area is 99.7 Å². The zero-order valence-corrected chi connectivity index (χ0v) is 9.67. The second-order valence-electron chi connectivity index (χ2n) is 3.87. The molecule has 2 rings (SSSR count). The molecule has 2 aromatic rings. The lowest BCUT2D eigenvalue weighted by molar-refractivity contribution is 0.529. The highest BCUT2D eigenvalue weighted by molar-refractivity contribution is 5.23. The quantitative estimate of drug-likeness (QED) is 0.793. The van der Waals surface area contributed by atoms with Crippen molar-refractivity contribution in [2.45, 2.75) is 26.3 Å². The molecule has 0 aliphatic rings. The van der Waals surface area contributed by atoms with Gasteiger partial charge in [0.25, 0.3) is 0 Å². The molecule has 86 valence electrons. The molecule has 0 radical (unpaired) electrons. The second kappa shape index (κ2) is 5.21. The molecule has 5 heteroatoms. The highest BCUT2D eigenvalue weighted by Crippen LogP contribution is 2.06. The zero-order valence-electron chi connectivity index (χ0n) is 9.67. The molecule has 1 aromatic carbocycles. The lowest BCUT2D eigenvalue weighted by Crippen LogP contribution is -2.02. The van der Waals surface area contributed by atoms with Gasteiger partial charge in [0, 0.05) is 6.42 Å². The molecular formula is C12H13N5. The van der Waals surface area contributed by atoms with Gasteiger partial charge in [0.2, 0.25) is 0 Å². The van der Waals surface area contributed by atoms with Crippen molar-refractivity contribution >= 4 is 0 Å². The summed E-state index contributed by atoms with van der Waals surface area (Å²) in [6.07, 6.45) is 1.08. The zero-order chi connectivity index (χ0) is 12.1. The molecule has 0 saturated heterocycles. The summed E-state index contributed by atoms with van der Waals surface area (Å²) in [5.41, 5.74) is 2.40. The van der Waals surface area contributed by atoms with Crippen molar-refractivity contribution in [3.05, 3.63) is 41.2 Å². The van der Waals surface area contributed by atoms with Gasteiger partial charge in [-0.3, -0.25) is 0 Å². The fourth-order valence-corrected chi connectivity index (χ4v) is 1.48. The van der Waals surface area contributed by atoms with Crippen molar-refractivity contribution in [2.75, 3.05) is 0 Å². The van der Waals surface area contributed by atoms with Gasteiger partial charge in [0.05, 0.1) is 19.0 Å². The average Bonchev–Trinajstić information content (AvgIpc) is 2.77. The van der Waals surface area contributed by atoms with Crippen LogP contribution < -0.4 is 0 Å². The summed E-state index contributed by atoms with van der Waals surface area (Å²) in [5, 5.41) is 20.5. The van der Waals surface area contributed by atoms with E-state index in [-0.39, 0.29) is 0 Å². The molecule has 1 aromatic heterocycles. The number of hydrogen-bond donors (Lipinski definition) is 0. The third-order valence-corrected chi connectivity index (χ3v) is 2.40. The van der Waals surface area contributed by atoms with Gasteiger partial charge in [-0.1, -0.05) is 29.8 Å². The molecule has 5 nitrogen and oxygen atoms in total. The SMILES string of the molecule is Cc1ccc(Cc2nnn(CCC#N)n2)cc1. The maximum Gasteiger partial charge on any atom is 0.179 e. The van der Waals surface area contributed by atoms with E-state index in [1.165, 1.54) is 10.4 Å². The van der Waals surface area contributed by atoms with Crippen LogP contribution in [0.2, 0.25) is 0 Å². The molecule has 0 N–H and O–H groups in total. The number of tetrazole rings is 1. The van der Waals surface area contributed by atoms with E-state index in [1.807, 2.05) is 0 Å². The first-order chi connectivity index (χ1) is 8.28. The second-order valence-corrected chi connectivity index (χ2v) is 3.87. The number of hydrogen-bond acceptors (Lipinski definition) is 4. The van der Waals surface area contributed by atoms with Crippen LogP contribution in [-0.4, -0.2) is 20.2 Å². The Morgan fingerprint density at radius 3 is 2.76 bits per heavy atom. The van der Waals surface area contributed by atoms with Crippen LogP contribution in [0.4, 0.5) is 0 Å². The summed E-state index contributed by atoms with van der Waals surface area (Å²) >= 11 is 0. The first-order valence-corrected chi connectivity index (χ1v) is 5.47. The molecule has 0 amide bonds. The van der Waals surface area contributed by atoms with Crippen molar-refractivity contribution in [1.82, 2.24) is 20.2 Å². The van der Waals surface area contributed by atoms with Gasteiger partial charge in [0.15, 0.2) is 5.82 Å². The van der Waals surface area contributed by atoms with Crippen LogP contribution >= 0.6 is 0 Å². The molecule has 0 spiro atoms. The Kier molecular flexibility index (Phi) is 3.46. The van der Waals surface area contributed by atoms with Crippen LogP contribution in [0.5, 0.6) is 0 Å². The number of aryl methyl sites for hydroxylation is 2. The number of nitrogens with zero attached hydrogens (tertiary/aromatic N) is 5. The maximum absolute atomic E-state index is 8.46. The maximum atomic E-state index is 8.46. The molecule has 0 saturated carbocycles. The molecule has 1 heterocycles. The normalized spacial score (nSPS) is 10.1. The van der Waals surface area contributed by atoms with Gasteiger partial charge in [-0.05, 0) is 17.7 Å². The van der Waals surface area contributed by atoms with Crippen molar-refractivity contribution in [1.29, 1.82) is 5.26 Å². The van der Waals surface area contributed by atoms with Crippen molar-refractivity contribution < 1.29 is 0 Å². The Bertz CT molecular complexity index is 521. The Hall–Kier alpha value is -2.22. The van der Waals surface area contributed by atoms with E-state index >= 15 is 0 Å². The van der Waals surface area contributed by atoms with Crippen molar-refractivity contribution in [2.24, 2.45) is 0 Å². The van der Waals surface area contributed by atoms with E-state index in [2.05, 4.69) is 52.7 Å². The van der Waals surface area contributed by atoms with Crippen molar-refractivity contribution in [3.63, 3.8) is 0 Å². The third-order valence-electron chi connectivity index (χ3n) is 2.40. The Morgan fingerprint density at radius 1 is 1.29 bits per heavy atom. The minimum absolute atomic E-state index is 0.403. The van der Waals surface area contributed by atoms with E-state index in [1.54, 1.807) is 0 Å². The van der Waals surface area contributed by atoms with Crippen LogP contribution in [-0.2, 0) is 13.0 Å². The highest BCUT2D eigenvalue weighted by Gasteiger charge is 2.03. The van der Waals surface area contributed by atoms with Crippen LogP contribution in [0.3, 0.4) is 0 Å². The predicted octanol–water partition coefficient (Wildman–Crippen LogP) is 1.49. The van der Waals surface area contributed by atoms with E-state index < -0.39 is 0 Å². The number of benzene rings is 1. The van der Waals surface area contributed by atoms with Crippen molar-refractivity contribution in [3.8, 4) is 6.07 Å². The number of aromatic nitrogens is 4. The van der Waals surface area contributed by atoms with Crippen LogP contribution in [0.15, 0.2) is 24.3 Å². The van der Waals surface area contributed by atoms with Crippen LogP contribution in [0.25, 0.3) is 0 Å². The standard InChI is InChI=1S/C12H13N5/c1-10-3-5-11(6-4-10)9-12-14-16-17(15-12)8-2-7-13/h3-6H,2,8-9H2,1H3. The lowest BCUT2D eigenvalue weighted by atomic mass is 10.1. The Balaban J connectivity index is 2.01. The van der Waals surface area contributed by atoms with Gasteiger partial charge in [0.1, 0.15) is 0 Å². The average molecular weight is 227 g/mol. The molecule has 0 aliphatic heterocycles. The predicted molar refractivity (Wildman–Crippen MR) is 62.0 cm³/mol. The molecule has 0 unspecified atom stereocenters. The van der Waals surface area contributed by atoms with E-state index in [4.69, 9.17) is 5.26 Å². The molecule has 0 atom stereocenters. The molecule has 0 aliphatic carbocycles. The fraction of sp³-hybridized carbons (Fsp3) is 0.333. The van der Waals surface area contributed by atoms with Gasteiger partial charge >= 0.3 is 0 Å². The summed E-state index contributed by atoms with van der Waals surface area (Å²) in [5.74, 6) is 0.687. The molecular weight excluding hydrogens is 214 g/mol. The number of rotatable bonds is 4. The summed E-state index contributed by atoms with van der Waals surface area (Å²) in [6, 6.07) is 10.3. The summed E-state index contributed by atoms with van der Waals surface area (Å²) in [6.45, 7) is 2.55. The number of nitriles is 1. The molecule has 0 fully saturated rings. The van der Waals surface area contributed by atoms with Gasteiger partial charge in [-0.25, -0.2) is 0 Å². The summed E-state index contributed by atoms with van der Waals surface area (Å²) in [7, 11) is 0. The monoisotopic (exact) mass is 227 g/mol. The largest absolute Gasteiger partial charge is 0.198 e.